The van der Waals surface area contributed by atoms with E-state index >= 15 is 0 Å². The van der Waals surface area contributed by atoms with Crippen molar-refractivity contribution in [3.05, 3.63) is 120 Å². The van der Waals surface area contributed by atoms with Crippen molar-refractivity contribution in [2.24, 2.45) is 5.92 Å². The molecule has 0 bridgehead atoms. The highest BCUT2D eigenvalue weighted by Gasteiger charge is 2.36. The molecule has 0 aliphatic heterocycles. The highest BCUT2D eigenvalue weighted by molar-refractivity contribution is 6.07. The van der Waals surface area contributed by atoms with Gasteiger partial charge < -0.3 is 20.5 Å². The van der Waals surface area contributed by atoms with Crippen LogP contribution < -0.4 is 10.6 Å². The van der Waals surface area contributed by atoms with Gasteiger partial charge in [0.05, 0.1) is 11.5 Å². The maximum Gasteiger partial charge on any atom is 0.253 e. The Bertz CT molecular complexity index is 1760. The predicted octanol–water partition coefficient (Wildman–Crippen LogP) is 5.61. The van der Waals surface area contributed by atoms with Gasteiger partial charge in [-0.2, -0.15) is 0 Å². The summed E-state index contributed by atoms with van der Waals surface area (Å²) in [4.78, 5) is 45.7. The van der Waals surface area contributed by atoms with Gasteiger partial charge in [-0.1, -0.05) is 97.4 Å². The molecule has 1 aliphatic carbocycles. The highest BCUT2D eigenvalue weighted by Crippen LogP contribution is 2.28. The van der Waals surface area contributed by atoms with Crippen molar-refractivity contribution >= 4 is 39.4 Å². The predicted molar refractivity (Wildman–Crippen MR) is 169 cm³/mol. The van der Waals surface area contributed by atoms with Gasteiger partial charge in [-0.3, -0.25) is 14.4 Å². The molecule has 4 aromatic carbocycles. The standard InChI is InChI=1S/C36H36N4O3/c1-40(23-24-10-3-2-4-11-24)36(43)33(21-25-18-19-26-12-5-6-13-27(26)20-25)39-34(41)29-15-9-17-32(29)38-35(42)30-22-37-31-16-8-7-14-28(30)31/h2-8,10-14,16,18-20,22,29,32-33,37H,9,15,17,21,23H2,1H3,(H,38,42)(H,39,41)/t29-,32+,33+/m1/s1. The molecular weight excluding hydrogens is 536 g/mol. The van der Waals surface area contributed by atoms with Crippen LogP contribution in [0.5, 0.6) is 0 Å². The lowest BCUT2D eigenvalue weighted by molar-refractivity contribution is -0.137. The van der Waals surface area contributed by atoms with Crippen molar-refractivity contribution in [1.82, 2.24) is 20.5 Å². The molecule has 3 N–H and O–H groups in total. The van der Waals surface area contributed by atoms with Gasteiger partial charge in [-0.25, -0.2) is 0 Å². The van der Waals surface area contributed by atoms with E-state index in [1.54, 1.807) is 18.1 Å². The van der Waals surface area contributed by atoms with Gasteiger partial charge in [0.2, 0.25) is 11.8 Å². The van der Waals surface area contributed by atoms with Crippen molar-refractivity contribution in [3.63, 3.8) is 0 Å². The Balaban J connectivity index is 1.20. The third-order valence-corrected chi connectivity index (χ3v) is 8.51. The molecule has 0 unspecified atom stereocenters. The minimum absolute atomic E-state index is 0.150. The number of amides is 3. The third kappa shape index (κ3) is 6.31. The Morgan fingerprint density at radius 1 is 0.860 bits per heavy atom. The van der Waals surface area contributed by atoms with E-state index in [0.717, 1.165) is 39.2 Å². The van der Waals surface area contributed by atoms with Crippen LogP contribution in [0.4, 0.5) is 0 Å². The number of nitrogens with one attached hydrogen (secondary N) is 3. The Morgan fingerprint density at radius 3 is 2.44 bits per heavy atom. The van der Waals surface area contributed by atoms with E-state index < -0.39 is 12.0 Å². The Labute approximate surface area is 251 Å². The van der Waals surface area contributed by atoms with Crippen LogP contribution in [0.25, 0.3) is 21.7 Å². The smallest absolute Gasteiger partial charge is 0.253 e. The largest absolute Gasteiger partial charge is 0.360 e. The number of fused-ring (bicyclic) bond motifs is 2. The monoisotopic (exact) mass is 572 g/mol. The number of hydrogen-bond acceptors (Lipinski definition) is 3. The van der Waals surface area contributed by atoms with Crippen LogP contribution in [-0.4, -0.2) is 46.7 Å². The lowest BCUT2D eigenvalue weighted by atomic mass is 9.98. The number of rotatable bonds is 9. The van der Waals surface area contributed by atoms with Crippen LogP contribution >= 0.6 is 0 Å². The number of aromatic nitrogens is 1. The SMILES string of the molecule is CN(Cc1ccccc1)C(=O)[C@H](Cc1ccc2ccccc2c1)NC(=O)[C@@H]1CCC[C@@H]1NC(=O)c1c[nH]c2ccccc12. The summed E-state index contributed by atoms with van der Waals surface area (Å²) in [7, 11) is 1.77. The number of benzene rings is 4. The summed E-state index contributed by atoms with van der Waals surface area (Å²) in [6.45, 7) is 0.441. The van der Waals surface area contributed by atoms with Gasteiger partial charge in [-0.15, -0.1) is 0 Å². The quantitative estimate of drug-likeness (QED) is 0.214. The number of H-pyrrole nitrogens is 1. The summed E-state index contributed by atoms with van der Waals surface area (Å²) >= 11 is 0. The zero-order chi connectivity index (χ0) is 29.8. The fourth-order valence-corrected chi connectivity index (χ4v) is 6.23. The van der Waals surface area contributed by atoms with Gasteiger partial charge >= 0.3 is 0 Å². The van der Waals surface area contributed by atoms with E-state index in [9.17, 15) is 14.4 Å². The molecule has 3 amide bonds. The van der Waals surface area contributed by atoms with E-state index in [-0.39, 0.29) is 23.8 Å². The molecule has 1 aliphatic rings. The molecule has 1 saturated carbocycles. The second-order valence-corrected chi connectivity index (χ2v) is 11.5. The average Bonchev–Trinajstić information content (AvgIpc) is 3.68. The number of carbonyl (C=O) groups excluding carboxylic acids is 3. The van der Waals surface area contributed by atoms with Crippen molar-refractivity contribution < 1.29 is 14.4 Å². The lowest BCUT2D eigenvalue weighted by Crippen LogP contribution is -2.52. The average molecular weight is 573 g/mol. The minimum Gasteiger partial charge on any atom is -0.360 e. The first-order chi connectivity index (χ1) is 21.0. The van der Waals surface area contributed by atoms with Crippen LogP contribution in [0.2, 0.25) is 0 Å². The van der Waals surface area contributed by atoms with Crippen LogP contribution in [0, 0.1) is 5.92 Å². The van der Waals surface area contributed by atoms with Gasteiger partial charge in [-0.05, 0) is 40.8 Å². The second kappa shape index (κ2) is 12.5. The summed E-state index contributed by atoms with van der Waals surface area (Å²) < 4.78 is 0. The van der Waals surface area contributed by atoms with E-state index in [4.69, 9.17) is 0 Å². The number of carbonyl (C=O) groups is 3. The molecule has 7 heteroatoms. The van der Waals surface area contributed by atoms with E-state index in [2.05, 4.69) is 39.9 Å². The van der Waals surface area contributed by atoms with Crippen LogP contribution in [0.15, 0.2) is 103 Å². The Kier molecular flexibility index (Phi) is 8.22. The van der Waals surface area contributed by atoms with Gasteiger partial charge in [0.15, 0.2) is 0 Å². The van der Waals surface area contributed by atoms with Gasteiger partial charge in [0.1, 0.15) is 6.04 Å². The summed E-state index contributed by atoms with van der Waals surface area (Å²) in [6, 6.07) is 30.7. The van der Waals surface area contributed by atoms with E-state index in [1.807, 2.05) is 72.8 Å². The molecule has 3 atom stereocenters. The van der Waals surface area contributed by atoms with E-state index in [0.29, 0.717) is 31.4 Å². The molecule has 0 saturated heterocycles. The first kappa shape index (κ1) is 28.2. The zero-order valence-electron chi connectivity index (χ0n) is 24.3. The first-order valence-electron chi connectivity index (χ1n) is 14.9. The lowest BCUT2D eigenvalue weighted by Gasteiger charge is -2.27. The maximum atomic E-state index is 13.8. The molecule has 0 spiro atoms. The molecule has 1 fully saturated rings. The normalized spacial score (nSPS) is 17.0. The van der Waals surface area contributed by atoms with Gasteiger partial charge in [0, 0.05) is 43.2 Å². The maximum absolute atomic E-state index is 13.8. The van der Waals surface area contributed by atoms with Crippen molar-refractivity contribution in [2.75, 3.05) is 7.05 Å². The molecule has 43 heavy (non-hydrogen) atoms. The third-order valence-electron chi connectivity index (χ3n) is 8.51. The van der Waals surface area contributed by atoms with Crippen LogP contribution in [0.3, 0.4) is 0 Å². The summed E-state index contributed by atoms with van der Waals surface area (Å²) in [5, 5.41) is 9.28. The first-order valence-corrected chi connectivity index (χ1v) is 14.9. The molecule has 218 valence electrons. The highest BCUT2D eigenvalue weighted by atomic mass is 16.2. The molecule has 5 aromatic rings. The number of nitrogens with zero attached hydrogens (tertiary/aromatic N) is 1. The van der Waals surface area contributed by atoms with Crippen LogP contribution in [0.1, 0.15) is 40.7 Å². The number of likely N-dealkylation sites (N-methyl/N-ethyl adjacent to an activating group) is 1. The Morgan fingerprint density at radius 2 is 1.60 bits per heavy atom. The topological polar surface area (TPSA) is 94.3 Å². The minimum atomic E-state index is -0.743. The van der Waals surface area contributed by atoms with Crippen molar-refractivity contribution in [2.45, 2.75) is 44.3 Å². The molecule has 6 rings (SSSR count). The number of hydrogen-bond donors (Lipinski definition) is 3. The Hall–Kier alpha value is -4.91. The van der Waals surface area contributed by atoms with Crippen LogP contribution in [-0.2, 0) is 22.6 Å². The number of para-hydroxylation sites is 1. The van der Waals surface area contributed by atoms with Gasteiger partial charge in [0.25, 0.3) is 5.91 Å². The molecule has 0 radical (unpaired) electrons. The van der Waals surface area contributed by atoms with Crippen molar-refractivity contribution in [1.29, 1.82) is 0 Å². The number of aromatic amines is 1. The fourth-order valence-electron chi connectivity index (χ4n) is 6.23. The van der Waals surface area contributed by atoms with E-state index in [1.165, 1.54) is 0 Å². The summed E-state index contributed by atoms with van der Waals surface area (Å²) in [6.07, 6.45) is 4.28. The molecule has 1 heterocycles. The fraction of sp³-hybridized carbons (Fsp3) is 0.250. The molecule has 1 aromatic heterocycles. The summed E-state index contributed by atoms with van der Waals surface area (Å²) in [5.41, 5.74) is 3.45. The molecular formula is C36H36N4O3. The summed E-state index contributed by atoms with van der Waals surface area (Å²) in [5.74, 6) is -0.967. The molecule has 7 nitrogen and oxygen atoms in total. The zero-order valence-corrected chi connectivity index (χ0v) is 24.3. The second-order valence-electron chi connectivity index (χ2n) is 11.5. The van der Waals surface area contributed by atoms with Crippen molar-refractivity contribution in [3.8, 4) is 0 Å².